The van der Waals surface area contributed by atoms with Crippen molar-refractivity contribution in [3.05, 3.63) is 71.0 Å². The minimum absolute atomic E-state index is 0.0230. The van der Waals surface area contributed by atoms with Crippen LogP contribution in [0.15, 0.2) is 53.6 Å². The van der Waals surface area contributed by atoms with Crippen LogP contribution in [0.2, 0.25) is 0 Å². The van der Waals surface area contributed by atoms with E-state index in [0.717, 1.165) is 33.8 Å². The van der Waals surface area contributed by atoms with E-state index in [9.17, 15) is 23.1 Å². The maximum Gasteiger partial charge on any atom is 0.416 e. The largest absolute Gasteiger partial charge is 0.478 e. The molecule has 0 amide bonds. The number of nitrogens with zero attached hydrogens (tertiary/aromatic N) is 2. The number of benzene rings is 2. The predicted octanol–water partition coefficient (Wildman–Crippen LogP) is 6.60. The SMILES string of the molecule is Cc1cc(SC(C)c2cn(-c3ccc(C(F)(F)F)cc3)nc2C)ccc1OC(C)(C)C(=O)O. The molecule has 2 aromatic carbocycles. The molecule has 1 heterocycles. The summed E-state index contributed by atoms with van der Waals surface area (Å²) in [5, 5.41) is 13.8. The molecule has 0 fully saturated rings. The standard InChI is InChI=1S/C24H25F3N2O3S/c1-14-12-19(10-11-21(14)32-23(4,5)22(30)31)33-16(3)20-13-29(28-15(20)2)18-8-6-17(7-9-18)24(25,26)27/h6-13,16H,1-5H3,(H,30,31). The summed E-state index contributed by atoms with van der Waals surface area (Å²) in [6.07, 6.45) is -2.55. The van der Waals surface area contributed by atoms with Gasteiger partial charge in [0.1, 0.15) is 5.75 Å². The molecule has 3 aromatic rings. The van der Waals surface area contributed by atoms with Crippen molar-refractivity contribution in [3.63, 3.8) is 0 Å². The quantitative estimate of drug-likeness (QED) is 0.388. The zero-order chi connectivity index (χ0) is 24.6. The van der Waals surface area contributed by atoms with Gasteiger partial charge in [-0.05, 0) is 82.6 Å². The van der Waals surface area contributed by atoms with E-state index in [1.165, 1.54) is 26.0 Å². The van der Waals surface area contributed by atoms with Crippen LogP contribution in [0.1, 0.15) is 48.4 Å². The van der Waals surface area contributed by atoms with Crippen LogP contribution in [0.3, 0.4) is 0 Å². The summed E-state index contributed by atoms with van der Waals surface area (Å²) in [4.78, 5) is 12.3. The van der Waals surface area contributed by atoms with Crippen molar-refractivity contribution in [2.24, 2.45) is 0 Å². The molecule has 0 aliphatic heterocycles. The third-order valence-electron chi connectivity index (χ3n) is 5.17. The molecule has 3 rings (SSSR count). The highest BCUT2D eigenvalue weighted by Gasteiger charge is 2.31. The fourth-order valence-corrected chi connectivity index (χ4v) is 4.36. The normalized spacial score (nSPS) is 13.1. The summed E-state index contributed by atoms with van der Waals surface area (Å²) in [6.45, 7) is 8.74. The van der Waals surface area contributed by atoms with Crippen LogP contribution < -0.4 is 4.74 Å². The number of rotatable bonds is 7. The fraction of sp³-hybridized carbons (Fsp3) is 0.333. The average molecular weight is 479 g/mol. The summed E-state index contributed by atoms with van der Waals surface area (Å²) in [5.74, 6) is -0.541. The Bertz CT molecular complexity index is 1150. The zero-order valence-corrected chi connectivity index (χ0v) is 19.7. The first-order valence-corrected chi connectivity index (χ1v) is 11.1. The smallest absolute Gasteiger partial charge is 0.416 e. The Morgan fingerprint density at radius 3 is 2.30 bits per heavy atom. The molecule has 0 bridgehead atoms. The molecule has 0 saturated carbocycles. The van der Waals surface area contributed by atoms with E-state index in [1.807, 2.05) is 39.1 Å². The van der Waals surface area contributed by atoms with E-state index in [-0.39, 0.29) is 5.25 Å². The number of carboxylic acids is 1. The lowest BCUT2D eigenvalue weighted by Crippen LogP contribution is -2.38. The number of hydrogen-bond donors (Lipinski definition) is 1. The molecule has 33 heavy (non-hydrogen) atoms. The molecule has 0 aliphatic rings. The number of aliphatic carboxylic acids is 1. The Kier molecular flexibility index (Phi) is 6.83. The molecule has 9 heteroatoms. The second-order valence-corrected chi connectivity index (χ2v) is 9.68. The number of aromatic nitrogens is 2. The number of carboxylic acid groups (broad SMARTS) is 1. The molecule has 5 nitrogen and oxygen atoms in total. The van der Waals surface area contributed by atoms with Crippen LogP contribution in [-0.4, -0.2) is 26.5 Å². The molecule has 0 aliphatic carbocycles. The first-order valence-electron chi connectivity index (χ1n) is 10.2. The molecular formula is C24H25F3N2O3S. The Morgan fingerprint density at radius 2 is 1.76 bits per heavy atom. The minimum atomic E-state index is -4.38. The average Bonchev–Trinajstić information content (AvgIpc) is 3.11. The van der Waals surface area contributed by atoms with E-state index < -0.39 is 23.3 Å². The van der Waals surface area contributed by atoms with Gasteiger partial charge in [-0.3, -0.25) is 0 Å². The van der Waals surface area contributed by atoms with Gasteiger partial charge in [0.05, 0.1) is 16.9 Å². The number of hydrogen-bond acceptors (Lipinski definition) is 4. The highest BCUT2D eigenvalue weighted by atomic mass is 32.2. The second-order valence-electron chi connectivity index (χ2n) is 8.26. The zero-order valence-electron chi connectivity index (χ0n) is 18.9. The van der Waals surface area contributed by atoms with Gasteiger partial charge in [-0.2, -0.15) is 18.3 Å². The van der Waals surface area contributed by atoms with Crippen LogP contribution >= 0.6 is 11.8 Å². The summed E-state index contributed by atoms with van der Waals surface area (Å²) in [5.41, 5.74) is 1.08. The maximum absolute atomic E-state index is 12.8. The number of alkyl halides is 3. The second kappa shape index (κ2) is 9.13. The first-order chi connectivity index (χ1) is 15.3. The van der Waals surface area contributed by atoms with E-state index in [2.05, 4.69) is 5.10 Å². The summed E-state index contributed by atoms with van der Waals surface area (Å²) in [7, 11) is 0. The summed E-state index contributed by atoms with van der Waals surface area (Å²) < 4.78 is 45.7. The monoisotopic (exact) mass is 478 g/mol. The van der Waals surface area contributed by atoms with Crippen LogP contribution in [0, 0.1) is 13.8 Å². The molecule has 0 radical (unpaired) electrons. The molecule has 1 unspecified atom stereocenters. The lowest BCUT2D eigenvalue weighted by molar-refractivity contribution is -0.152. The lowest BCUT2D eigenvalue weighted by Gasteiger charge is -2.23. The van der Waals surface area contributed by atoms with E-state index in [4.69, 9.17) is 4.74 Å². The minimum Gasteiger partial charge on any atom is -0.478 e. The molecule has 0 spiro atoms. The molecule has 1 atom stereocenters. The summed E-state index contributed by atoms with van der Waals surface area (Å²) in [6, 6.07) is 10.5. The van der Waals surface area contributed by atoms with Gasteiger partial charge in [0, 0.05) is 21.9 Å². The van der Waals surface area contributed by atoms with Crippen molar-refractivity contribution in [3.8, 4) is 11.4 Å². The molecule has 0 saturated heterocycles. The van der Waals surface area contributed by atoms with E-state index in [0.29, 0.717) is 11.4 Å². The molecule has 176 valence electrons. The van der Waals surface area contributed by atoms with Gasteiger partial charge in [0.2, 0.25) is 0 Å². The van der Waals surface area contributed by atoms with Gasteiger partial charge < -0.3 is 9.84 Å². The lowest BCUT2D eigenvalue weighted by atomic mass is 10.1. The van der Waals surface area contributed by atoms with Gasteiger partial charge in [-0.1, -0.05) is 0 Å². The van der Waals surface area contributed by atoms with Crippen LogP contribution in [-0.2, 0) is 11.0 Å². The number of thioether (sulfide) groups is 1. The van der Waals surface area contributed by atoms with Crippen molar-refractivity contribution < 1.29 is 27.8 Å². The van der Waals surface area contributed by atoms with Gasteiger partial charge in [0.25, 0.3) is 0 Å². The number of aryl methyl sites for hydroxylation is 2. The number of halogens is 3. The van der Waals surface area contributed by atoms with Crippen LogP contribution in [0.4, 0.5) is 13.2 Å². The third-order valence-corrected chi connectivity index (χ3v) is 6.31. The van der Waals surface area contributed by atoms with Crippen LogP contribution in [0.5, 0.6) is 5.75 Å². The molecule has 1 N–H and O–H groups in total. The molecule has 1 aromatic heterocycles. The third kappa shape index (κ3) is 5.71. The Hall–Kier alpha value is -2.94. The summed E-state index contributed by atoms with van der Waals surface area (Å²) >= 11 is 1.60. The van der Waals surface area contributed by atoms with Gasteiger partial charge in [-0.25, -0.2) is 9.48 Å². The van der Waals surface area contributed by atoms with E-state index in [1.54, 1.807) is 22.5 Å². The van der Waals surface area contributed by atoms with Crippen molar-refractivity contribution in [1.82, 2.24) is 9.78 Å². The Balaban J connectivity index is 1.76. The predicted molar refractivity (Wildman–Crippen MR) is 121 cm³/mol. The number of carbonyl (C=O) groups is 1. The first kappa shape index (κ1) is 24.7. The van der Waals surface area contributed by atoms with Crippen molar-refractivity contribution in [1.29, 1.82) is 0 Å². The maximum atomic E-state index is 12.8. The van der Waals surface area contributed by atoms with E-state index >= 15 is 0 Å². The van der Waals surface area contributed by atoms with Gasteiger partial charge in [0.15, 0.2) is 5.60 Å². The van der Waals surface area contributed by atoms with Crippen molar-refractivity contribution >= 4 is 17.7 Å². The Morgan fingerprint density at radius 1 is 1.12 bits per heavy atom. The molecular weight excluding hydrogens is 453 g/mol. The topological polar surface area (TPSA) is 64.4 Å². The fourth-order valence-electron chi connectivity index (χ4n) is 3.20. The van der Waals surface area contributed by atoms with Gasteiger partial charge in [-0.15, -0.1) is 11.8 Å². The highest BCUT2D eigenvalue weighted by Crippen LogP contribution is 2.38. The Labute approximate surface area is 194 Å². The number of ether oxygens (including phenoxy) is 1. The van der Waals surface area contributed by atoms with Crippen LogP contribution in [0.25, 0.3) is 5.69 Å². The highest BCUT2D eigenvalue weighted by molar-refractivity contribution is 7.99. The van der Waals surface area contributed by atoms with Gasteiger partial charge >= 0.3 is 12.1 Å². The van der Waals surface area contributed by atoms with Crippen molar-refractivity contribution in [2.45, 2.75) is 56.5 Å². The van der Waals surface area contributed by atoms with Crippen molar-refractivity contribution in [2.75, 3.05) is 0 Å².